The first-order chi connectivity index (χ1) is 16.0. The van der Waals surface area contributed by atoms with E-state index in [1.165, 1.54) is 4.57 Å². The van der Waals surface area contributed by atoms with Crippen molar-refractivity contribution >= 4 is 16.6 Å². The molecule has 6 nitrogen and oxygen atoms in total. The van der Waals surface area contributed by atoms with Crippen LogP contribution < -0.4 is 5.32 Å². The van der Waals surface area contributed by atoms with Crippen molar-refractivity contribution in [3.63, 3.8) is 0 Å². The first-order valence-electron chi connectivity index (χ1n) is 10.3. The maximum atomic E-state index is 15.5. The maximum Gasteiger partial charge on any atom is 0.266 e. The molecule has 12 heteroatoms. The summed E-state index contributed by atoms with van der Waals surface area (Å²) in [5.41, 5.74) is -2.33. The molecule has 2 aromatic carbocycles. The van der Waals surface area contributed by atoms with Gasteiger partial charge in [0.2, 0.25) is 0 Å². The number of rotatable bonds is 4. The number of anilines is 1. The molecule has 0 atom stereocenters. The highest BCUT2D eigenvalue weighted by atomic mass is 19.3. The van der Waals surface area contributed by atoms with E-state index in [4.69, 9.17) is 0 Å². The Labute approximate surface area is 189 Å². The van der Waals surface area contributed by atoms with E-state index in [2.05, 4.69) is 20.6 Å². The van der Waals surface area contributed by atoms with E-state index in [9.17, 15) is 22.0 Å². The maximum absolute atomic E-state index is 15.5. The predicted octanol–water partition coefficient (Wildman–Crippen LogP) is 5.73. The molecule has 4 aromatic rings. The topological polar surface area (TPSA) is 60.6 Å². The molecule has 0 unspecified atom stereocenters. The number of fused-ring (bicyclic) bond motifs is 4. The quantitative estimate of drug-likeness (QED) is 0.379. The van der Waals surface area contributed by atoms with Gasteiger partial charge in [-0.05, 0) is 44.5 Å². The molecule has 1 N–H and O–H groups in total. The third-order valence-electron chi connectivity index (χ3n) is 5.87. The fraction of sp³-hybridized carbons (Fsp3) is 0.318. The monoisotopic (exact) mass is 480 g/mol. The normalized spacial score (nSPS) is 14.6. The number of hydrogen-bond acceptors (Lipinski definition) is 4. The zero-order chi connectivity index (χ0) is 24.5. The zero-order valence-electron chi connectivity index (χ0n) is 18.2. The average molecular weight is 480 g/mol. The van der Waals surface area contributed by atoms with Gasteiger partial charge >= 0.3 is 0 Å². The lowest BCUT2D eigenvalue weighted by Crippen LogP contribution is -2.36. The van der Waals surface area contributed by atoms with E-state index < -0.39 is 47.7 Å². The fourth-order valence-electron chi connectivity index (χ4n) is 4.53. The van der Waals surface area contributed by atoms with E-state index in [0.717, 1.165) is 29.1 Å². The van der Waals surface area contributed by atoms with Gasteiger partial charge in [-0.25, -0.2) is 26.3 Å². The van der Waals surface area contributed by atoms with Crippen molar-refractivity contribution in [2.45, 2.75) is 45.7 Å². The lowest BCUT2D eigenvalue weighted by Gasteiger charge is -2.35. The zero-order valence-corrected chi connectivity index (χ0v) is 18.2. The molecule has 0 amide bonds. The third kappa shape index (κ3) is 3.23. The summed E-state index contributed by atoms with van der Waals surface area (Å²) in [5, 5.41) is 15.0. The van der Waals surface area contributed by atoms with Gasteiger partial charge in [0, 0.05) is 10.9 Å². The number of nitrogens with zero attached hydrogens (tertiary/aromatic N) is 5. The van der Waals surface area contributed by atoms with E-state index in [0.29, 0.717) is 11.6 Å². The molecule has 0 fully saturated rings. The van der Waals surface area contributed by atoms with Crippen molar-refractivity contribution in [2.75, 3.05) is 5.32 Å². The van der Waals surface area contributed by atoms with Gasteiger partial charge in [0.25, 0.3) is 12.9 Å². The highest BCUT2D eigenvalue weighted by Crippen LogP contribution is 2.47. The largest absolute Gasteiger partial charge is 0.371 e. The van der Waals surface area contributed by atoms with Crippen LogP contribution in [0.25, 0.3) is 27.7 Å². The Bertz CT molecular complexity index is 1440. The first-order valence-corrected chi connectivity index (χ1v) is 10.3. The van der Waals surface area contributed by atoms with Gasteiger partial charge < -0.3 is 5.32 Å². The number of benzene rings is 2. The van der Waals surface area contributed by atoms with Gasteiger partial charge in [-0.15, -0.1) is 10.2 Å². The molecule has 1 aliphatic heterocycles. The summed E-state index contributed by atoms with van der Waals surface area (Å²) in [6.07, 6.45) is -4.82. The molecule has 0 spiro atoms. The molecule has 0 saturated carbocycles. The Balaban J connectivity index is 1.87. The lowest BCUT2D eigenvalue weighted by molar-refractivity contribution is 0.123. The molecule has 178 valence electrons. The summed E-state index contributed by atoms with van der Waals surface area (Å²) >= 11 is 0. The van der Waals surface area contributed by atoms with Crippen molar-refractivity contribution in [3.05, 3.63) is 53.2 Å². The Hall–Kier alpha value is -3.57. The van der Waals surface area contributed by atoms with Crippen molar-refractivity contribution < 1.29 is 26.3 Å². The molecule has 2 aromatic heterocycles. The highest BCUT2D eigenvalue weighted by Gasteiger charge is 2.39. The second-order valence-corrected chi connectivity index (χ2v) is 8.60. The SMILES string of the molecule is Cc1nnc2n1-c1c(cc(F)c(-c3cc(F)cc4c3cnn4CC(F)F)c1C(F)F)NC2(C)C. The van der Waals surface area contributed by atoms with Gasteiger partial charge in [-0.2, -0.15) is 5.10 Å². The first kappa shape index (κ1) is 22.2. The van der Waals surface area contributed by atoms with Crippen LogP contribution in [0.4, 0.5) is 32.0 Å². The number of aryl methyl sites for hydroxylation is 1. The van der Waals surface area contributed by atoms with Crippen molar-refractivity contribution in [2.24, 2.45) is 0 Å². The fourth-order valence-corrected chi connectivity index (χ4v) is 4.53. The molecule has 0 saturated heterocycles. The van der Waals surface area contributed by atoms with Crippen molar-refractivity contribution in [1.82, 2.24) is 24.5 Å². The second-order valence-electron chi connectivity index (χ2n) is 8.60. The van der Waals surface area contributed by atoms with Crippen LogP contribution in [0.2, 0.25) is 0 Å². The smallest absolute Gasteiger partial charge is 0.266 e. The van der Waals surface area contributed by atoms with Gasteiger partial charge in [0.15, 0.2) is 5.82 Å². The molecule has 5 rings (SSSR count). The standard InChI is InChI=1S/C22H18F6N6/c1-9-31-32-21-22(2,3)30-14-6-13(24)17(18(20(27)28)19(14)34(9)21)11-4-10(23)5-15-12(11)7-29-33(15)8-16(25)26/h4-7,16,20,30H,8H2,1-3H3. The molecule has 1 aliphatic rings. The van der Waals surface area contributed by atoms with E-state index in [1.54, 1.807) is 20.8 Å². The number of aromatic nitrogens is 5. The van der Waals surface area contributed by atoms with Crippen LogP contribution in [0.3, 0.4) is 0 Å². The molecule has 3 heterocycles. The summed E-state index contributed by atoms with van der Waals surface area (Å²) in [5.74, 6) is -1.29. The molecular weight excluding hydrogens is 462 g/mol. The van der Waals surface area contributed by atoms with Crippen LogP contribution in [0.1, 0.15) is 37.5 Å². The minimum Gasteiger partial charge on any atom is -0.371 e. The van der Waals surface area contributed by atoms with Crippen LogP contribution in [0.5, 0.6) is 0 Å². The Morgan fingerprint density at radius 3 is 2.47 bits per heavy atom. The number of alkyl halides is 4. The van der Waals surface area contributed by atoms with E-state index in [-0.39, 0.29) is 27.8 Å². The lowest BCUT2D eigenvalue weighted by atomic mass is 9.91. The highest BCUT2D eigenvalue weighted by molar-refractivity contribution is 5.97. The summed E-state index contributed by atoms with van der Waals surface area (Å²) in [7, 11) is 0. The Morgan fingerprint density at radius 1 is 1.06 bits per heavy atom. The van der Waals surface area contributed by atoms with Gasteiger partial charge in [0.1, 0.15) is 24.0 Å². The van der Waals surface area contributed by atoms with E-state index >= 15 is 4.39 Å². The molecule has 0 aliphatic carbocycles. The summed E-state index contributed by atoms with van der Waals surface area (Å²) in [4.78, 5) is 0. The van der Waals surface area contributed by atoms with Crippen LogP contribution in [0.15, 0.2) is 24.4 Å². The Kier molecular flexibility index (Phi) is 4.88. The van der Waals surface area contributed by atoms with Crippen LogP contribution in [-0.2, 0) is 12.1 Å². The van der Waals surface area contributed by atoms with Crippen molar-refractivity contribution in [1.29, 1.82) is 0 Å². The minimum atomic E-state index is -3.17. The minimum absolute atomic E-state index is 0.0550. The van der Waals surface area contributed by atoms with Gasteiger partial charge in [0.05, 0.1) is 34.2 Å². The third-order valence-corrected chi connectivity index (χ3v) is 5.87. The average Bonchev–Trinajstić information content (AvgIpc) is 3.30. The predicted molar refractivity (Wildman–Crippen MR) is 112 cm³/mol. The van der Waals surface area contributed by atoms with Gasteiger partial charge in [-0.1, -0.05) is 0 Å². The van der Waals surface area contributed by atoms with Crippen LogP contribution in [0, 0.1) is 18.6 Å². The second kappa shape index (κ2) is 7.47. The molecule has 34 heavy (non-hydrogen) atoms. The van der Waals surface area contributed by atoms with E-state index in [1.807, 2.05) is 0 Å². The Morgan fingerprint density at radius 2 is 1.79 bits per heavy atom. The summed E-state index contributed by atoms with van der Waals surface area (Å²) in [6.45, 7) is 4.24. The number of nitrogens with one attached hydrogen (secondary N) is 1. The van der Waals surface area contributed by atoms with Crippen LogP contribution in [-0.4, -0.2) is 31.0 Å². The van der Waals surface area contributed by atoms with Crippen molar-refractivity contribution in [3.8, 4) is 16.8 Å². The molecule has 0 radical (unpaired) electrons. The number of halogens is 6. The van der Waals surface area contributed by atoms with Crippen LogP contribution >= 0.6 is 0 Å². The summed E-state index contributed by atoms with van der Waals surface area (Å²) in [6, 6.07) is 2.91. The summed E-state index contributed by atoms with van der Waals surface area (Å²) < 4.78 is 87.5. The molecular formula is C22H18F6N6. The molecule has 0 bridgehead atoms. The van der Waals surface area contributed by atoms with Gasteiger partial charge in [-0.3, -0.25) is 9.25 Å². The number of hydrogen-bond donors (Lipinski definition) is 1.